The highest BCUT2D eigenvalue weighted by molar-refractivity contribution is 5.64. The summed E-state index contributed by atoms with van der Waals surface area (Å²) in [7, 11) is 2.05. The molecule has 0 radical (unpaired) electrons. The van der Waals surface area contributed by atoms with Gasteiger partial charge in [0.25, 0.3) is 0 Å². The Morgan fingerprint density at radius 1 is 1.46 bits per heavy atom. The molecule has 1 aliphatic rings. The first-order valence-corrected chi connectivity index (χ1v) is 4.53. The summed E-state index contributed by atoms with van der Waals surface area (Å²) in [4.78, 5) is 13.0. The minimum absolute atomic E-state index is 0.0648. The van der Waals surface area contributed by atoms with E-state index in [2.05, 4.69) is 17.0 Å². The molecule has 0 N–H and O–H groups in total. The van der Waals surface area contributed by atoms with Crippen molar-refractivity contribution in [3.8, 4) is 0 Å². The third-order valence-electron chi connectivity index (χ3n) is 2.57. The summed E-state index contributed by atoms with van der Waals surface area (Å²) in [5.41, 5.74) is 2.49. The number of hydrogen-bond acceptors (Lipinski definition) is 2. The van der Waals surface area contributed by atoms with Crippen molar-refractivity contribution in [2.45, 2.75) is 12.5 Å². The summed E-state index contributed by atoms with van der Waals surface area (Å²) < 4.78 is 0. The van der Waals surface area contributed by atoms with Gasteiger partial charge in [-0.25, -0.2) is 0 Å². The van der Waals surface area contributed by atoms with E-state index in [1.807, 2.05) is 19.2 Å². The molecule has 0 spiro atoms. The predicted molar refractivity (Wildman–Crippen MR) is 51.6 cm³/mol. The highest BCUT2D eigenvalue weighted by Crippen LogP contribution is 2.25. The summed E-state index contributed by atoms with van der Waals surface area (Å²) >= 11 is 0. The van der Waals surface area contributed by atoms with Gasteiger partial charge in [-0.2, -0.15) is 0 Å². The summed E-state index contributed by atoms with van der Waals surface area (Å²) in [6, 6.07) is 8.18. The fraction of sp³-hybridized carbons (Fsp3) is 0.364. The highest BCUT2D eigenvalue weighted by Gasteiger charge is 2.21. The molecule has 68 valence electrons. The van der Waals surface area contributed by atoms with Crippen LogP contribution in [0.25, 0.3) is 0 Å². The monoisotopic (exact) mass is 175 g/mol. The largest absolute Gasteiger partial charge is 0.303 e. The molecule has 0 saturated heterocycles. The van der Waals surface area contributed by atoms with Gasteiger partial charge in [0.05, 0.1) is 5.92 Å². The van der Waals surface area contributed by atoms with Gasteiger partial charge in [0, 0.05) is 13.1 Å². The number of nitrogens with zero attached hydrogens (tertiary/aromatic N) is 1. The second-order valence-corrected chi connectivity index (χ2v) is 3.64. The first kappa shape index (κ1) is 8.45. The molecule has 1 atom stereocenters. The van der Waals surface area contributed by atoms with Crippen molar-refractivity contribution >= 4 is 6.29 Å². The van der Waals surface area contributed by atoms with E-state index in [0.29, 0.717) is 0 Å². The lowest BCUT2D eigenvalue weighted by Gasteiger charge is -2.28. The third-order valence-corrected chi connectivity index (χ3v) is 2.57. The van der Waals surface area contributed by atoms with Crippen molar-refractivity contribution in [2.75, 3.05) is 13.6 Å². The van der Waals surface area contributed by atoms with Gasteiger partial charge in [0.15, 0.2) is 0 Å². The maximum Gasteiger partial charge on any atom is 0.128 e. The number of likely N-dealkylation sites (N-methyl/N-ethyl adjacent to an activating group) is 1. The van der Waals surface area contributed by atoms with Gasteiger partial charge in [0.2, 0.25) is 0 Å². The van der Waals surface area contributed by atoms with Crippen LogP contribution >= 0.6 is 0 Å². The minimum Gasteiger partial charge on any atom is -0.303 e. The second-order valence-electron chi connectivity index (χ2n) is 3.64. The number of carbonyl (C=O) groups excluding carboxylic acids is 1. The molecular weight excluding hydrogens is 162 g/mol. The number of rotatable bonds is 1. The van der Waals surface area contributed by atoms with Crippen LogP contribution in [0.2, 0.25) is 0 Å². The number of fused-ring (bicyclic) bond motifs is 1. The lowest BCUT2D eigenvalue weighted by atomic mass is 9.91. The Hall–Kier alpha value is -1.15. The Morgan fingerprint density at radius 3 is 3.00 bits per heavy atom. The molecule has 1 heterocycles. The van der Waals surface area contributed by atoms with Crippen LogP contribution in [0, 0.1) is 0 Å². The Kier molecular flexibility index (Phi) is 2.15. The van der Waals surface area contributed by atoms with E-state index in [1.54, 1.807) is 0 Å². The Bertz CT molecular complexity index is 322. The zero-order valence-electron chi connectivity index (χ0n) is 7.73. The maximum absolute atomic E-state index is 10.8. The van der Waals surface area contributed by atoms with Crippen LogP contribution in [0.3, 0.4) is 0 Å². The number of carbonyl (C=O) groups is 1. The van der Waals surface area contributed by atoms with Crippen LogP contribution < -0.4 is 0 Å². The van der Waals surface area contributed by atoms with E-state index in [4.69, 9.17) is 0 Å². The van der Waals surface area contributed by atoms with Gasteiger partial charge in [-0.05, 0) is 18.2 Å². The first-order chi connectivity index (χ1) is 6.31. The van der Waals surface area contributed by atoms with Gasteiger partial charge in [-0.1, -0.05) is 24.3 Å². The van der Waals surface area contributed by atoms with Crippen molar-refractivity contribution in [1.29, 1.82) is 0 Å². The van der Waals surface area contributed by atoms with Crippen LogP contribution in [-0.2, 0) is 11.3 Å². The first-order valence-electron chi connectivity index (χ1n) is 4.53. The molecule has 0 amide bonds. The second kappa shape index (κ2) is 3.30. The fourth-order valence-electron chi connectivity index (χ4n) is 1.95. The average Bonchev–Trinajstić information content (AvgIpc) is 2.16. The van der Waals surface area contributed by atoms with E-state index in [0.717, 1.165) is 19.4 Å². The smallest absolute Gasteiger partial charge is 0.128 e. The Balaban J connectivity index is 2.42. The third kappa shape index (κ3) is 1.49. The average molecular weight is 175 g/mol. The van der Waals surface area contributed by atoms with Crippen molar-refractivity contribution < 1.29 is 4.79 Å². The van der Waals surface area contributed by atoms with E-state index < -0.39 is 0 Å². The van der Waals surface area contributed by atoms with Crippen molar-refractivity contribution in [3.63, 3.8) is 0 Å². The number of hydrogen-bond donors (Lipinski definition) is 0. The summed E-state index contributed by atoms with van der Waals surface area (Å²) in [6.45, 7) is 1.81. The lowest BCUT2D eigenvalue weighted by molar-refractivity contribution is -0.109. The molecule has 0 fully saturated rings. The molecule has 13 heavy (non-hydrogen) atoms. The highest BCUT2D eigenvalue weighted by atomic mass is 16.1. The molecule has 1 aromatic carbocycles. The SMILES string of the molecule is CN1Cc2ccccc2C(C=O)C1. The number of benzene rings is 1. The molecule has 1 unspecified atom stereocenters. The van der Waals surface area contributed by atoms with Crippen molar-refractivity contribution in [2.24, 2.45) is 0 Å². The molecule has 1 aromatic rings. The van der Waals surface area contributed by atoms with Gasteiger partial charge < -0.3 is 9.69 Å². The predicted octanol–water partition coefficient (Wildman–Crippen LogP) is 1.41. The molecule has 0 aliphatic carbocycles. The van der Waals surface area contributed by atoms with Crippen LogP contribution in [-0.4, -0.2) is 24.8 Å². The van der Waals surface area contributed by atoms with Gasteiger partial charge in [-0.3, -0.25) is 0 Å². The maximum atomic E-state index is 10.8. The Labute approximate surface area is 78.2 Å². The molecular formula is C11H13NO. The standard InChI is InChI=1S/C11H13NO/c1-12-6-9-4-2-3-5-11(9)10(7-12)8-13/h2-5,8,10H,6-7H2,1H3. The lowest BCUT2D eigenvalue weighted by Crippen LogP contribution is -2.30. The van der Waals surface area contributed by atoms with E-state index in [9.17, 15) is 4.79 Å². The van der Waals surface area contributed by atoms with Gasteiger partial charge >= 0.3 is 0 Å². The van der Waals surface area contributed by atoms with Crippen molar-refractivity contribution in [3.05, 3.63) is 35.4 Å². The van der Waals surface area contributed by atoms with Crippen LogP contribution in [0.5, 0.6) is 0 Å². The van der Waals surface area contributed by atoms with E-state index in [1.165, 1.54) is 11.1 Å². The summed E-state index contributed by atoms with van der Waals surface area (Å²) in [6.07, 6.45) is 1.05. The zero-order chi connectivity index (χ0) is 9.26. The summed E-state index contributed by atoms with van der Waals surface area (Å²) in [5.74, 6) is 0.0648. The van der Waals surface area contributed by atoms with Crippen LogP contribution in [0.4, 0.5) is 0 Å². The summed E-state index contributed by atoms with van der Waals surface area (Å²) in [5, 5.41) is 0. The fourth-order valence-corrected chi connectivity index (χ4v) is 1.95. The zero-order valence-corrected chi connectivity index (χ0v) is 7.73. The molecule has 2 heteroatoms. The quantitative estimate of drug-likeness (QED) is 0.601. The van der Waals surface area contributed by atoms with E-state index >= 15 is 0 Å². The molecule has 2 nitrogen and oxygen atoms in total. The number of aldehydes is 1. The Morgan fingerprint density at radius 2 is 2.23 bits per heavy atom. The van der Waals surface area contributed by atoms with Gasteiger partial charge in [-0.15, -0.1) is 0 Å². The molecule has 0 saturated carbocycles. The topological polar surface area (TPSA) is 20.3 Å². The molecule has 1 aliphatic heterocycles. The van der Waals surface area contributed by atoms with E-state index in [-0.39, 0.29) is 5.92 Å². The van der Waals surface area contributed by atoms with Crippen molar-refractivity contribution in [1.82, 2.24) is 4.90 Å². The van der Waals surface area contributed by atoms with Crippen LogP contribution in [0.1, 0.15) is 17.0 Å². The molecule has 0 bridgehead atoms. The molecule has 0 aromatic heterocycles. The van der Waals surface area contributed by atoms with Crippen LogP contribution in [0.15, 0.2) is 24.3 Å². The minimum atomic E-state index is 0.0648. The van der Waals surface area contributed by atoms with Gasteiger partial charge in [0.1, 0.15) is 6.29 Å². The molecule has 2 rings (SSSR count). The normalized spacial score (nSPS) is 22.4.